The van der Waals surface area contributed by atoms with E-state index in [1.807, 2.05) is 48.2 Å². The van der Waals surface area contributed by atoms with Crippen LogP contribution >= 0.6 is 0 Å². The Labute approximate surface area is 143 Å². The summed E-state index contributed by atoms with van der Waals surface area (Å²) in [5.41, 5.74) is 3.00. The minimum absolute atomic E-state index is 0.120. The normalized spacial score (nSPS) is 18.5. The number of amides is 1. The average Bonchev–Trinajstić information content (AvgIpc) is 2.62. The van der Waals surface area contributed by atoms with Crippen LogP contribution in [0.3, 0.4) is 0 Å². The third-order valence-electron chi connectivity index (χ3n) is 4.79. The molecule has 1 atom stereocenters. The summed E-state index contributed by atoms with van der Waals surface area (Å²) in [7, 11) is 3.79. The van der Waals surface area contributed by atoms with E-state index in [9.17, 15) is 4.79 Å². The number of piperazine rings is 1. The van der Waals surface area contributed by atoms with Gasteiger partial charge >= 0.3 is 0 Å². The molecule has 1 unspecified atom stereocenters. The van der Waals surface area contributed by atoms with Crippen molar-refractivity contribution in [2.45, 2.75) is 13.0 Å². The van der Waals surface area contributed by atoms with Gasteiger partial charge in [0, 0.05) is 25.2 Å². The van der Waals surface area contributed by atoms with Crippen molar-refractivity contribution in [1.29, 1.82) is 0 Å². The first-order valence-electron chi connectivity index (χ1n) is 8.29. The Morgan fingerprint density at radius 3 is 2.67 bits per heavy atom. The van der Waals surface area contributed by atoms with Gasteiger partial charge in [0.25, 0.3) is 5.91 Å². The molecule has 1 saturated heterocycles. The van der Waals surface area contributed by atoms with E-state index in [0.717, 1.165) is 30.0 Å². The number of benzene rings is 2. The van der Waals surface area contributed by atoms with Gasteiger partial charge in [-0.3, -0.25) is 9.69 Å². The highest BCUT2D eigenvalue weighted by atomic mass is 16.5. The number of aryl methyl sites for hydroxylation is 1. The Bertz CT molecular complexity index is 729. The minimum Gasteiger partial charge on any atom is -0.497 e. The molecule has 0 radical (unpaired) electrons. The maximum Gasteiger partial charge on any atom is 0.254 e. The lowest BCUT2D eigenvalue weighted by Gasteiger charge is -2.40. The molecule has 3 rings (SSSR count). The van der Waals surface area contributed by atoms with Crippen molar-refractivity contribution in [3.05, 3.63) is 65.2 Å². The highest BCUT2D eigenvalue weighted by molar-refractivity contribution is 5.95. The second-order valence-corrected chi connectivity index (χ2v) is 6.34. The van der Waals surface area contributed by atoms with Crippen LogP contribution in [0, 0.1) is 6.92 Å². The van der Waals surface area contributed by atoms with Crippen LogP contribution in [-0.2, 0) is 0 Å². The Hall–Kier alpha value is -2.33. The quantitative estimate of drug-likeness (QED) is 0.869. The molecule has 1 aliphatic rings. The van der Waals surface area contributed by atoms with E-state index in [2.05, 4.69) is 24.1 Å². The molecular weight excluding hydrogens is 300 g/mol. The molecule has 0 aromatic heterocycles. The Balaban J connectivity index is 1.83. The van der Waals surface area contributed by atoms with E-state index in [1.165, 1.54) is 5.56 Å². The zero-order chi connectivity index (χ0) is 17.1. The minimum atomic E-state index is 0.120. The summed E-state index contributed by atoms with van der Waals surface area (Å²) >= 11 is 0. The smallest absolute Gasteiger partial charge is 0.254 e. The molecule has 0 spiro atoms. The Morgan fingerprint density at radius 2 is 1.92 bits per heavy atom. The number of hydrogen-bond acceptors (Lipinski definition) is 3. The van der Waals surface area contributed by atoms with Crippen LogP contribution in [0.15, 0.2) is 48.5 Å². The molecule has 24 heavy (non-hydrogen) atoms. The maximum absolute atomic E-state index is 12.9. The molecule has 1 heterocycles. The number of rotatable bonds is 3. The maximum atomic E-state index is 12.9. The lowest BCUT2D eigenvalue weighted by atomic mass is 10.0. The lowest BCUT2D eigenvalue weighted by molar-refractivity contribution is 0.0545. The first-order chi connectivity index (χ1) is 11.6. The van der Waals surface area contributed by atoms with Crippen LogP contribution in [-0.4, -0.2) is 49.5 Å². The molecule has 1 amide bonds. The van der Waals surface area contributed by atoms with Gasteiger partial charge in [-0.05, 0) is 43.3 Å². The number of ether oxygens (including phenoxy) is 1. The summed E-state index contributed by atoms with van der Waals surface area (Å²) in [5.74, 6) is 0.970. The number of hydrogen-bond donors (Lipinski definition) is 0. The van der Waals surface area contributed by atoms with Gasteiger partial charge in [0.2, 0.25) is 0 Å². The van der Waals surface area contributed by atoms with E-state index >= 15 is 0 Å². The van der Waals surface area contributed by atoms with Crippen molar-refractivity contribution in [1.82, 2.24) is 9.80 Å². The predicted molar refractivity (Wildman–Crippen MR) is 95.4 cm³/mol. The van der Waals surface area contributed by atoms with E-state index < -0.39 is 0 Å². The van der Waals surface area contributed by atoms with Gasteiger partial charge in [-0.25, -0.2) is 0 Å². The van der Waals surface area contributed by atoms with Crippen LogP contribution in [0.1, 0.15) is 27.5 Å². The van der Waals surface area contributed by atoms with Gasteiger partial charge in [0.15, 0.2) is 0 Å². The third kappa shape index (κ3) is 3.29. The van der Waals surface area contributed by atoms with Gasteiger partial charge in [-0.1, -0.05) is 30.3 Å². The highest BCUT2D eigenvalue weighted by Crippen LogP contribution is 2.27. The number of carbonyl (C=O) groups is 1. The predicted octanol–water partition coefficient (Wildman–Crippen LogP) is 3.13. The van der Waals surface area contributed by atoms with Crippen molar-refractivity contribution >= 4 is 5.91 Å². The van der Waals surface area contributed by atoms with E-state index in [0.29, 0.717) is 6.54 Å². The summed E-state index contributed by atoms with van der Waals surface area (Å²) in [6, 6.07) is 16.1. The molecule has 0 bridgehead atoms. The largest absolute Gasteiger partial charge is 0.497 e. The number of carbonyl (C=O) groups excluding carboxylic acids is 1. The van der Waals surface area contributed by atoms with Crippen molar-refractivity contribution in [2.75, 3.05) is 33.8 Å². The zero-order valence-corrected chi connectivity index (χ0v) is 14.5. The van der Waals surface area contributed by atoms with Gasteiger partial charge < -0.3 is 9.64 Å². The molecule has 2 aromatic carbocycles. The van der Waals surface area contributed by atoms with Gasteiger partial charge in [-0.2, -0.15) is 0 Å². The van der Waals surface area contributed by atoms with Gasteiger partial charge in [-0.15, -0.1) is 0 Å². The van der Waals surface area contributed by atoms with E-state index in [-0.39, 0.29) is 11.9 Å². The van der Waals surface area contributed by atoms with Crippen molar-refractivity contribution in [3.63, 3.8) is 0 Å². The van der Waals surface area contributed by atoms with E-state index in [1.54, 1.807) is 7.11 Å². The second-order valence-electron chi connectivity index (χ2n) is 6.34. The van der Waals surface area contributed by atoms with Gasteiger partial charge in [0.05, 0.1) is 13.2 Å². The molecular formula is C20H24N2O2. The molecule has 1 aliphatic heterocycles. The summed E-state index contributed by atoms with van der Waals surface area (Å²) in [4.78, 5) is 17.2. The van der Waals surface area contributed by atoms with Crippen LogP contribution < -0.4 is 4.74 Å². The van der Waals surface area contributed by atoms with Crippen molar-refractivity contribution in [2.24, 2.45) is 0 Å². The van der Waals surface area contributed by atoms with Crippen molar-refractivity contribution in [3.8, 4) is 5.75 Å². The summed E-state index contributed by atoms with van der Waals surface area (Å²) < 4.78 is 5.34. The molecule has 126 valence electrons. The first-order valence-corrected chi connectivity index (χ1v) is 8.29. The molecule has 1 fully saturated rings. The second kappa shape index (κ2) is 7.05. The van der Waals surface area contributed by atoms with Gasteiger partial charge in [0.1, 0.15) is 5.75 Å². The van der Waals surface area contributed by atoms with E-state index in [4.69, 9.17) is 4.74 Å². The number of nitrogens with zero attached hydrogens (tertiary/aromatic N) is 2. The highest BCUT2D eigenvalue weighted by Gasteiger charge is 2.29. The molecule has 0 aliphatic carbocycles. The molecule has 2 aromatic rings. The van der Waals surface area contributed by atoms with Crippen LogP contribution in [0.4, 0.5) is 0 Å². The SMILES string of the molecule is COc1cccc(C2CN(C(=O)c3ccccc3C)CCN2C)c1. The fourth-order valence-electron chi connectivity index (χ4n) is 3.25. The Morgan fingerprint density at radius 1 is 1.12 bits per heavy atom. The molecule has 4 nitrogen and oxygen atoms in total. The van der Waals surface area contributed by atoms with Crippen LogP contribution in [0.5, 0.6) is 5.75 Å². The van der Waals surface area contributed by atoms with Crippen molar-refractivity contribution < 1.29 is 9.53 Å². The monoisotopic (exact) mass is 324 g/mol. The standard InChI is InChI=1S/C20H24N2O2/c1-15-7-4-5-10-18(15)20(23)22-12-11-21(2)19(14-22)16-8-6-9-17(13-16)24-3/h4-10,13,19H,11-12,14H2,1-3H3. The third-order valence-corrected chi connectivity index (χ3v) is 4.79. The summed E-state index contributed by atoms with van der Waals surface area (Å²) in [6.45, 7) is 4.29. The van der Waals surface area contributed by atoms with Crippen LogP contribution in [0.2, 0.25) is 0 Å². The lowest BCUT2D eigenvalue weighted by Crippen LogP contribution is -2.49. The van der Waals surface area contributed by atoms with Crippen LogP contribution in [0.25, 0.3) is 0 Å². The molecule has 4 heteroatoms. The molecule has 0 saturated carbocycles. The summed E-state index contributed by atoms with van der Waals surface area (Å²) in [5, 5.41) is 0. The topological polar surface area (TPSA) is 32.8 Å². The number of likely N-dealkylation sites (N-methyl/N-ethyl adjacent to an activating group) is 1. The zero-order valence-electron chi connectivity index (χ0n) is 14.5. The number of methoxy groups -OCH3 is 1. The fraction of sp³-hybridized carbons (Fsp3) is 0.350. The fourth-order valence-corrected chi connectivity index (χ4v) is 3.25. The first kappa shape index (κ1) is 16.5. The Kier molecular flexibility index (Phi) is 4.86. The summed E-state index contributed by atoms with van der Waals surface area (Å²) in [6.07, 6.45) is 0. The average molecular weight is 324 g/mol. The molecule has 0 N–H and O–H groups in total.